The van der Waals surface area contributed by atoms with Gasteiger partial charge in [0, 0.05) is 12.6 Å². The first-order valence-corrected chi connectivity index (χ1v) is 5.89. The van der Waals surface area contributed by atoms with Gasteiger partial charge in [-0.25, -0.2) is 4.98 Å². The van der Waals surface area contributed by atoms with Crippen LogP contribution in [-0.2, 0) is 4.79 Å². The molecule has 0 aromatic carbocycles. The summed E-state index contributed by atoms with van der Waals surface area (Å²) in [5.41, 5.74) is 10.4. The van der Waals surface area contributed by atoms with E-state index in [1.807, 2.05) is 6.92 Å². The van der Waals surface area contributed by atoms with Crippen molar-refractivity contribution in [2.45, 2.75) is 19.8 Å². The van der Waals surface area contributed by atoms with Crippen molar-refractivity contribution in [3.8, 4) is 0 Å². The summed E-state index contributed by atoms with van der Waals surface area (Å²) in [7, 11) is 0. The summed E-state index contributed by atoms with van der Waals surface area (Å²) in [6, 6.07) is 2.74. The van der Waals surface area contributed by atoms with Crippen molar-refractivity contribution in [1.82, 2.24) is 4.98 Å². The SMILES string of the molecule is CCCCN(CC(N)=O)c1ccc([N+](=O)[O-])c(N)n1. The molecule has 0 spiro atoms. The normalized spacial score (nSPS) is 10.2. The number of nitro groups is 1. The van der Waals surface area contributed by atoms with Crippen LogP contribution in [0.4, 0.5) is 17.3 Å². The van der Waals surface area contributed by atoms with E-state index in [1.54, 1.807) is 4.90 Å². The van der Waals surface area contributed by atoms with Crippen molar-refractivity contribution in [3.63, 3.8) is 0 Å². The van der Waals surface area contributed by atoms with Gasteiger partial charge in [-0.1, -0.05) is 13.3 Å². The zero-order chi connectivity index (χ0) is 14.4. The molecule has 4 N–H and O–H groups in total. The van der Waals surface area contributed by atoms with Crippen LogP contribution in [0.3, 0.4) is 0 Å². The molecule has 8 nitrogen and oxygen atoms in total. The van der Waals surface area contributed by atoms with Crippen LogP contribution in [-0.4, -0.2) is 28.9 Å². The highest BCUT2D eigenvalue weighted by molar-refractivity contribution is 5.79. The third-order valence-electron chi connectivity index (χ3n) is 2.54. The van der Waals surface area contributed by atoms with E-state index >= 15 is 0 Å². The number of anilines is 2. The Kier molecular flexibility index (Phi) is 5.04. The zero-order valence-corrected chi connectivity index (χ0v) is 10.7. The Morgan fingerprint density at radius 2 is 2.21 bits per heavy atom. The second-order valence-corrected chi connectivity index (χ2v) is 4.07. The van der Waals surface area contributed by atoms with Gasteiger partial charge in [0.2, 0.25) is 11.7 Å². The van der Waals surface area contributed by atoms with E-state index in [9.17, 15) is 14.9 Å². The summed E-state index contributed by atoms with van der Waals surface area (Å²) in [5.74, 6) is -0.251. The van der Waals surface area contributed by atoms with Gasteiger partial charge < -0.3 is 16.4 Å². The fourth-order valence-electron chi connectivity index (χ4n) is 1.60. The number of carbonyl (C=O) groups is 1. The monoisotopic (exact) mass is 267 g/mol. The molecule has 0 saturated carbocycles. The molecule has 19 heavy (non-hydrogen) atoms. The third kappa shape index (κ3) is 4.09. The van der Waals surface area contributed by atoms with Crippen LogP contribution in [0.5, 0.6) is 0 Å². The van der Waals surface area contributed by atoms with Gasteiger partial charge in [-0.15, -0.1) is 0 Å². The van der Waals surface area contributed by atoms with Gasteiger partial charge in [0.25, 0.3) is 0 Å². The van der Waals surface area contributed by atoms with Crippen molar-refractivity contribution in [2.75, 3.05) is 23.7 Å². The lowest BCUT2D eigenvalue weighted by molar-refractivity contribution is -0.384. The molecule has 1 aromatic rings. The number of rotatable bonds is 7. The first kappa shape index (κ1) is 14.7. The molecule has 1 aromatic heterocycles. The first-order chi connectivity index (χ1) is 8.95. The molecule has 0 saturated heterocycles. The van der Waals surface area contributed by atoms with E-state index < -0.39 is 10.8 Å². The molecule has 0 radical (unpaired) electrons. The topological polar surface area (TPSA) is 128 Å². The van der Waals surface area contributed by atoms with E-state index in [2.05, 4.69) is 4.98 Å². The number of pyridine rings is 1. The van der Waals surface area contributed by atoms with Crippen LogP contribution < -0.4 is 16.4 Å². The van der Waals surface area contributed by atoms with Crippen LogP contribution in [0.25, 0.3) is 0 Å². The molecule has 0 bridgehead atoms. The minimum absolute atomic E-state index is 0.00422. The highest BCUT2D eigenvalue weighted by Crippen LogP contribution is 2.23. The molecular formula is C11H17N5O3. The predicted octanol–water partition coefficient (Wildman–Crippen LogP) is 0.664. The lowest BCUT2D eigenvalue weighted by Crippen LogP contribution is -2.35. The van der Waals surface area contributed by atoms with Gasteiger partial charge in [-0.3, -0.25) is 14.9 Å². The third-order valence-corrected chi connectivity index (χ3v) is 2.54. The molecule has 0 fully saturated rings. The van der Waals surface area contributed by atoms with Crippen molar-refractivity contribution < 1.29 is 9.72 Å². The molecule has 0 aliphatic rings. The number of nitrogens with two attached hydrogens (primary N) is 2. The van der Waals surface area contributed by atoms with Crippen LogP contribution >= 0.6 is 0 Å². The number of primary amides is 1. The second-order valence-electron chi connectivity index (χ2n) is 4.07. The molecule has 0 aliphatic carbocycles. The predicted molar refractivity (Wildman–Crippen MR) is 71.6 cm³/mol. The number of nitrogens with zero attached hydrogens (tertiary/aromatic N) is 3. The number of carbonyl (C=O) groups excluding carboxylic acids is 1. The summed E-state index contributed by atoms with van der Waals surface area (Å²) in [5, 5.41) is 10.7. The second kappa shape index (κ2) is 6.53. The Bertz CT molecular complexity index is 477. The van der Waals surface area contributed by atoms with Crippen molar-refractivity contribution >= 4 is 23.2 Å². The van der Waals surface area contributed by atoms with Crippen LogP contribution in [0.2, 0.25) is 0 Å². The smallest absolute Gasteiger partial charge is 0.311 e. The highest BCUT2D eigenvalue weighted by atomic mass is 16.6. The summed E-state index contributed by atoms with van der Waals surface area (Å²) < 4.78 is 0. The summed E-state index contributed by atoms with van der Waals surface area (Å²) in [6.07, 6.45) is 1.80. The first-order valence-electron chi connectivity index (χ1n) is 5.89. The van der Waals surface area contributed by atoms with E-state index in [0.717, 1.165) is 12.8 Å². The molecular weight excluding hydrogens is 250 g/mol. The molecule has 1 amide bonds. The number of amides is 1. The van der Waals surface area contributed by atoms with Gasteiger partial charge >= 0.3 is 5.69 Å². The molecule has 8 heteroatoms. The Morgan fingerprint density at radius 1 is 1.53 bits per heavy atom. The number of unbranched alkanes of at least 4 members (excludes halogenated alkanes) is 1. The van der Waals surface area contributed by atoms with Crippen LogP contribution in [0, 0.1) is 10.1 Å². The van der Waals surface area contributed by atoms with Gasteiger partial charge in [0.1, 0.15) is 5.82 Å². The zero-order valence-electron chi connectivity index (χ0n) is 10.7. The molecule has 1 rings (SSSR count). The lowest BCUT2D eigenvalue weighted by Gasteiger charge is -2.21. The standard InChI is InChI=1S/C11H17N5O3/c1-2-3-6-15(7-9(12)17)10-5-4-8(16(18)19)11(13)14-10/h4-5H,2-3,6-7H2,1H3,(H2,12,17)(H2,13,14). The summed E-state index contributed by atoms with van der Waals surface area (Å²) in [6.45, 7) is 2.61. The Balaban J connectivity index is 2.98. The number of hydrogen-bond acceptors (Lipinski definition) is 6. The maximum atomic E-state index is 11.0. The van der Waals surface area contributed by atoms with Gasteiger partial charge in [0.05, 0.1) is 11.5 Å². The quantitative estimate of drug-likeness (QED) is 0.551. The van der Waals surface area contributed by atoms with Crippen LogP contribution in [0.15, 0.2) is 12.1 Å². The van der Waals surface area contributed by atoms with E-state index in [1.165, 1.54) is 12.1 Å². The fraction of sp³-hybridized carbons (Fsp3) is 0.455. The van der Waals surface area contributed by atoms with E-state index in [-0.39, 0.29) is 18.1 Å². The number of nitrogen functional groups attached to an aromatic ring is 1. The molecule has 0 atom stereocenters. The minimum atomic E-state index is -0.601. The maximum absolute atomic E-state index is 11.0. The molecule has 104 valence electrons. The molecule has 0 aliphatic heterocycles. The van der Waals surface area contributed by atoms with E-state index in [4.69, 9.17) is 11.5 Å². The Morgan fingerprint density at radius 3 is 2.68 bits per heavy atom. The molecule has 1 heterocycles. The Hall–Kier alpha value is -2.38. The lowest BCUT2D eigenvalue weighted by atomic mass is 10.3. The summed E-state index contributed by atoms with van der Waals surface area (Å²) >= 11 is 0. The maximum Gasteiger partial charge on any atom is 0.311 e. The van der Waals surface area contributed by atoms with E-state index in [0.29, 0.717) is 12.4 Å². The largest absolute Gasteiger partial charge is 0.378 e. The van der Waals surface area contributed by atoms with Crippen molar-refractivity contribution in [2.24, 2.45) is 5.73 Å². The van der Waals surface area contributed by atoms with Gasteiger partial charge in [-0.2, -0.15) is 0 Å². The molecule has 0 unspecified atom stereocenters. The highest BCUT2D eigenvalue weighted by Gasteiger charge is 2.16. The average molecular weight is 267 g/mol. The number of hydrogen-bond donors (Lipinski definition) is 2. The van der Waals surface area contributed by atoms with Crippen molar-refractivity contribution in [3.05, 3.63) is 22.2 Å². The van der Waals surface area contributed by atoms with Gasteiger partial charge in [-0.05, 0) is 12.5 Å². The minimum Gasteiger partial charge on any atom is -0.378 e. The van der Waals surface area contributed by atoms with Gasteiger partial charge in [0.15, 0.2) is 0 Å². The number of aromatic nitrogens is 1. The van der Waals surface area contributed by atoms with Crippen molar-refractivity contribution in [1.29, 1.82) is 0 Å². The summed E-state index contributed by atoms with van der Waals surface area (Å²) in [4.78, 5) is 26.7. The fourth-order valence-corrected chi connectivity index (χ4v) is 1.60. The Labute approximate surface area is 110 Å². The average Bonchev–Trinajstić information content (AvgIpc) is 2.33. The van der Waals surface area contributed by atoms with Crippen LogP contribution in [0.1, 0.15) is 19.8 Å².